The highest BCUT2D eigenvalue weighted by Gasteiger charge is 2.78. The number of aliphatic hydroxyl groups is 3. The van der Waals surface area contributed by atoms with Gasteiger partial charge in [0.15, 0.2) is 11.7 Å². The van der Waals surface area contributed by atoms with E-state index in [9.17, 15) is 29.7 Å². The van der Waals surface area contributed by atoms with Crippen molar-refractivity contribution in [3.05, 3.63) is 27.3 Å². The van der Waals surface area contributed by atoms with Crippen LogP contribution < -0.4 is 10.4 Å². The standard InChI is InChI=1S/C22H28O8/c1-9-11(3)29-18(26)12-7-13-10(2)21(27)8-14(23)19(4,5)22(21,28)17(25)16(24)20(13,6)30-15(9)12/h10,13,16,24,27-28H,7-8H2,1-6H3/t10-,13-,16-,20+,21-,22+/m1/s1. The maximum Gasteiger partial charge on any atom is 0.342 e. The van der Waals surface area contributed by atoms with Crippen LogP contribution in [0.3, 0.4) is 0 Å². The summed E-state index contributed by atoms with van der Waals surface area (Å²) >= 11 is 0. The molecule has 0 aromatic carbocycles. The first-order chi connectivity index (χ1) is 13.6. The molecule has 0 bridgehead atoms. The molecule has 3 aliphatic rings. The summed E-state index contributed by atoms with van der Waals surface area (Å²) in [6.07, 6.45) is -2.19. The monoisotopic (exact) mass is 420 g/mol. The van der Waals surface area contributed by atoms with Gasteiger partial charge in [0, 0.05) is 17.9 Å². The van der Waals surface area contributed by atoms with Crippen molar-refractivity contribution in [2.24, 2.45) is 17.3 Å². The fraction of sp³-hybridized carbons (Fsp3) is 0.682. The van der Waals surface area contributed by atoms with Crippen molar-refractivity contribution in [2.75, 3.05) is 0 Å². The van der Waals surface area contributed by atoms with Crippen molar-refractivity contribution in [3.63, 3.8) is 0 Å². The molecule has 1 aromatic rings. The Morgan fingerprint density at radius 2 is 1.67 bits per heavy atom. The third-order valence-corrected chi connectivity index (χ3v) is 8.28. The summed E-state index contributed by atoms with van der Waals surface area (Å²) in [6, 6.07) is 0. The number of aryl methyl sites for hydroxylation is 1. The minimum absolute atomic E-state index is 0.0633. The molecule has 0 unspecified atom stereocenters. The molecule has 3 N–H and O–H groups in total. The Morgan fingerprint density at radius 1 is 1.07 bits per heavy atom. The molecule has 0 radical (unpaired) electrons. The number of rotatable bonds is 0. The van der Waals surface area contributed by atoms with Gasteiger partial charge in [0.2, 0.25) is 5.78 Å². The van der Waals surface area contributed by atoms with Gasteiger partial charge in [-0.25, -0.2) is 4.79 Å². The highest BCUT2D eigenvalue weighted by atomic mass is 16.5. The van der Waals surface area contributed by atoms with Gasteiger partial charge in [0.05, 0.1) is 11.0 Å². The second-order valence-corrected chi connectivity index (χ2v) is 9.89. The van der Waals surface area contributed by atoms with E-state index in [2.05, 4.69) is 0 Å². The van der Waals surface area contributed by atoms with Crippen molar-refractivity contribution in [1.82, 2.24) is 0 Å². The van der Waals surface area contributed by atoms with Crippen LogP contribution in [0, 0.1) is 31.1 Å². The van der Waals surface area contributed by atoms with Gasteiger partial charge in [-0.1, -0.05) is 6.92 Å². The Morgan fingerprint density at radius 3 is 2.27 bits per heavy atom. The maximum atomic E-state index is 13.5. The van der Waals surface area contributed by atoms with E-state index in [1.54, 1.807) is 27.7 Å². The Kier molecular flexibility index (Phi) is 4.11. The predicted molar refractivity (Wildman–Crippen MR) is 104 cm³/mol. The van der Waals surface area contributed by atoms with Gasteiger partial charge in [-0.3, -0.25) is 9.59 Å². The minimum atomic E-state index is -2.50. The lowest BCUT2D eigenvalue weighted by Crippen LogP contribution is -2.66. The smallest absolute Gasteiger partial charge is 0.342 e. The van der Waals surface area contributed by atoms with E-state index in [1.807, 2.05) is 0 Å². The van der Waals surface area contributed by atoms with Crippen molar-refractivity contribution >= 4 is 11.6 Å². The van der Waals surface area contributed by atoms with Gasteiger partial charge in [-0.05, 0) is 47.0 Å². The molecule has 0 amide bonds. The molecule has 30 heavy (non-hydrogen) atoms. The van der Waals surface area contributed by atoms with Crippen LogP contribution in [0.2, 0.25) is 0 Å². The van der Waals surface area contributed by atoms with E-state index in [0.29, 0.717) is 11.3 Å². The summed E-state index contributed by atoms with van der Waals surface area (Å²) < 4.78 is 11.4. The summed E-state index contributed by atoms with van der Waals surface area (Å²) in [5, 5.41) is 34.4. The first-order valence-corrected chi connectivity index (χ1v) is 10.2. The quantitative estimate of drug-likeness (QED) is 0.556. The molecule has 1 aromatic heterocycles. The molecular formula is C22H28O8. The van der Waals surface area contributed by atoms with E-state index in [1.165, 1.54) is 13.8 Å². The van der Waals surface area contributed by atoms with Crippen molar-refractivity contribution in [3.8, 4) is 5.75 Å². The number of aliphatic hydroxyl groups excluding tert-OH is 1. The lowest BCUT2D eigenvalue weighted by atomic mass is 9.64. The fourth-order valence-electron chi connectivity index (χ4n) is 5.86. The number of fused-ring (bicyclic) bond motifs is 3. The van der Waals surface area contributed by atoms with Crippen LogP contribution in [0.5, 0.6) is 5.75 Å². The van der Waals surface area contributed by atoms with Crippen molar-refractivity contribution < 1.29 is 34.1 Å². The zero-order valence-electron chi connectivity index (χ0n) is 18.0. The zero-order valence-corrected chi connectivity index (χ0v) is 18.0. The molecule has 4 rings (SSSR count). The van der Waals surface area contributed by atoms with Crippen LogP contribution in [-0.4, -0.2) is 49.8 Å². The first kappa shape index (κ1) is 21.2. The Hall–Kier alpha value is -2.03. The molecule has 6 atom stereocenters. The summed E-state index contributed by atoms with van der Waals surface area (Å²) in [6.45, 7) is 9.30. The third kappa shape index (κ3) is 2.09. The van der Waals surface area contributed by atoms with E-state index in [0.717, 1.165) is 0 Å². The molecule has 2 fully saturated rings. The molecule has 8 heteroatoms. The average molecular weight is 420 g/mol. The van der Waals surface area contributed by atoms with Crippen molar-refractivity contribution in [1.29, 1.82) is 0 Å². The molecular weight excluding hydrogens is 392 g/mol. The van der Waals surface area contributed by atoms with Crippen LogP contribution in [0.25, 0.3) is 0 Å². The van der Waals surface area contributed by atoms with Crippen LogP contribution in [0.1, 0.15) is 51.0 Å². The van der Waals surface area contributed by atoms with E-state index < -0.39 is 63.8 Å². The molecule has 2 saturated carbocycles. The largest absolute Gasteiger partial charge is 0.483 e. The van der Waals surface area contributed by atoms with Gasteiger partial charge in [-0.2, -0.15) is 0 Å². The average Bonchev–Trinajstić information content (AvgIpc) is 2.80. The van der Waals surface area contributed by atoms with Gasteiger partial charge in [0.1, 0.15) is 28.5 Å². The number of hydrogen-bond acceptors (Lipinski definition) is 8. The highest BCUT2D eigenvalue weighted by molar-refractivity contribution is 6.05. The molecule has 0 spiro atoms. The number of ether oxygens (including phenoxy) is 1. The van der Waals surface area contributed by atoms with E-state index in [4.69, 9.17) is 9.15 Å². The number of ketones is 2. The molecule has 0 saturated heterocycles. The van der Waals surface area contributed by atoms with Crippen LogP contribution >= 0.6 is 0 Å². The number of hydrogen-bond donors (Lipinski definition) is 3. The zero-order chi connectivity index (χ0) is 22.6. The molecule has 2 aliphatic carbocycles. The minimum Gasteiger partial charge on any atom is -0.483 e. The normalized spacial score (nSPS) is 42.1. The topological polar surface area (TPSA) is 134 Å². The number of Topliss-reactive ketones (excluding diaryl/α,β-unsaturated/α-hetero) is 2. The lowest BCUT2D eigenvalue weighted by molar-refractivity contribution is -0.201. The van der Waals surface area contributed by atoms with Gasteiger partial charge >= 0.3 is 5.63 Å². The second-order valence-electron chi connectivity index (χ2n) is 9.89. The summed E-state index contributed by atoms with van der Waals surface area (Å²) in [4.78, 5) is 38.7. The van der Waals surface area contributed by atoms with Crippen LogP contribution in [0.4, 0.5) is 0 Å². The van der Waals surface area contributed by atoms with Gasteiger partial charge in [-0.15, -0.1) is 0 Å². The lowest BCUT2D eigenvalue weighted by Gasteiger charge is -2.47. The second kappa shape index (κ2) is 5.81. The molecule has 2 heterocycles. The predicted octanol–water partition coefficient (Wildman–Crippen LogP) is 0.607. The van der Waals surface area contributed by atoms with Gasteiger partial charge in [0.25, 0.3) is 0 Å². The first-order valence-electron chi connectivity index (χ1n) is 10.2. The van der Waals surface area contributed by atoms with E-state index in [-0.39, 0.29) is 17.7 Å². The fourth-order valence-corrected chi connectivity index (χ4v) is 5.86. The Labute approximate surface area is 173 Å². The third-order valence-electron chi connectivity index (χ3n) is 8.28. The van der Waals surface area contributed by atoms with Gasteiger partial charge < -0.3 is 24.5 Å². The van der Waals surface area contributed by atoms with Crippen LogP contribution in [0.15, 0.2) is 9.21 Å². The maximum absolute atomic E-state index is 13.5. The van der Waals surface area contributed by atoms with Crippen LogP contribution in [-0.2, 0) is 16.0 Å². The molecule has 164 valence electrons. The Bertz CT molecular complexity index is 1040. The molecule has 1 aliphatic heterocycles. The Balaban J connectivity index is 1.98. The summed E-state index contributed by atoms with van der Waals surface area (Å²) in [5.41, 5.74) is -7.49. The summed E-state index contributed by atoms with van der Waals surface area (Å²) in [5.74, 6) is -2.49. The summed E-state index contributed by atoms with van der Waals surface area (Å²) in [7, 11) is 0. The number of carbonyl (C=O) groups is 2. The highest BCUT2D eigenvalue weighted by Crippen LogP contribution is 2.60. The number of carbonyl (C=O) groups excluding carboxylic acids is 2. The SMILES string of the molecule is Cc1oc(=O)c2c(c1C)O[C@]1(C)[C@H](O)C(=O)[C@]3(O)C(C)(C)C(=O)C[C@@]3(O)[C@H](C)[C@H]1C2. The van der Waals surface area contributed by atoms with E-state index >= 15 is 0 Å². The molecule has 8 nitrogen and oxygen atoms in total. The van der Waals surface area contributed by atoms with Crippen molar-refractivity contribution in [2.45, 2.75) is 77.3 Å².